The van der Waals surface area contributed by atoms with E-state index in [1.807, 2.05) is 54.6 Å². The molecule has 0 saturated carbocycles. The summed E-state index contributed by atoms with van der Waals surface area (Å²) in [4.78, 5) is 21.0. The molecular formula is C37H35FN2O3S. The van der Waals surface area contributed by atoms with Crippen molar-refractivity contribution in [2.75, 3.05) is 12.0 Å². The summed E-state index contributed by atoms with van der Waals surface area (Å²) in [6, 6.07) is 26.1. The van der Waals surface area contributed by atoms with Gasteiger partial charge in [0.15, 0.2) is 16.7 Å². The van der Waals surface area contributed by atoms with Gasteiger partial charge in [0.25, 0.3) is 5.91 Å². The Morgan fingerprint density at radius 3 is 2.16 bits per heavy atom. The van der Waals surface area contributed by atoms with Crippen LogP contribution in [0, 0.1) is 5.82 Å². The Kier molecular flexibility index (Phi) is 9.97. The van der Waals surface area contributed by atoms with Crippen molar-refractivity contribution < 1.29 is 18.7 Å². The van der Waals surface area contributed by atoms with E-state index in [9.17, 15) is 9.18 Å². The summed E-state index contributed by atoms with van der Waals surface area (Å²) in [6.45, 7) is 8.38. The summed E-state index contributed by atoms with van der Waals surface area (Å²) in [5, 5.41) is 0.590. The topological polar surface area (TPSA) is 51.1 Å². The minimum Gasteiger partial charge on any atom is -0.493 e. The number of halogens is 1. The number of methoxy groups -OCH3 is 1. The molecular weight excluding hydrogens is 571 g/mol. The quantitative estimate of drug-likeness (QED) is 0.126. The fraction of sp³-hybridized carbons (Fsp3) is 0.189. The maximum absolute atomic E-state index is 13.9. The van der Waals surface area contributed by atoms with Gasteiger partial charge in [-0.2, -0.15) is 0 Å². The number of rotatable bonds is 11. The van der Waals surface area contributed by atoms with Crippen molar-refractivity contribution in [2.45, 2.75) is 39.7 Å². The van der Waals surface area contributed by atoms with Gasteiger partial charge in [0, 0.05) is 5.56 Å². The summed E-state index contributed by atoms with van der Waals surface area (Å²) < 4.78 is 25.3. The van der Waals surface area contributed by atoms with Crippen LogP contribution in [0.5, 0.6) is 11.5 Å². The van der Waals surface area contributed by atoms with Gasteiger partial charge in [0.1, 0.15) is 12.4 Å². The van der Waals surface area contributed by atoms with Crippen LogP contribution in [0.25, 0.3) is 6.08 Å². The number of thioether (sulfide) groups is 1. The van der Waals surface area contributed by atoms with Crippen molar-refractivity contribution in [1.82, 2.24) is 0 Å². The number of carbonyl (C=O) groups excluding carboxylic acids is 1. The SMILES string of the molecule is C=CCc1cc(/C=C2\SC(=Nc3ccc(CC)cc3)N(c3ccc(CC)cc3)C2=O)cc(OC)c1OCc1ccc(F)cc1. The van der Waals surface area contributed by atoms with Crippen LogP contribution in [0.4, 0.5) is 15.8 Å². The molecule has 0 radical (unpaired) electrons. The fourth-order valence-electron chi connectivity index (χ4n) is 4.85. The molecule has 5 rings (SSSR count). The Bertz CT molecular complexity index is 1690. The van der Waals surface area contributed by atoms with Crippen LogP contribution in [0.15, 0.2) is 107 Å². The molecule has 44 heavy (non-hydrogen) atoms. The predicted molar refractivity (Wildman–Crippen MR) is 179 cm³/mol. The number of anilines is 1. The van der Waals surface area contributed by atoms with Gasteiger partial charge in [-0.25, -0.2) is 9.38 Å². The molecule has 1 aliphatic rings. The summed E-state index contributed by atoms with van der Waals surface area (Å²) >= 11 is 1.34. The number of hydrogen-bond acceptors (Lipinski definition) is 5. The minimum absolute atomic E-state index is 0.149. The largest absolute Gasteiger partial charge is 0.493 e. The zero-order valence-corrected chi connectivity index (χ0v) is 26.0. The summed E-state index contributed by atoms with van der Waals surface area (Å²) in [5.41, 5.74) is 6.46. The van der Waals surface area contributed by atoms with Gasteiger partial charge in [-0.1, -0.05) is 56.3 Å². The fourth-order valence-corrected chi connectivity index (χ4v) is 5.85. The Labute approximate surface area is 262 Å². The van der Waals surface area contributed by atoms with Crippen molar-refractivity contribution in [1.29, 1.82) is 0 Å². The van der Waals surface area contributed by atoms with E-state index < -0.39 is 0 Å². The molecule has 0 bridgehead atoms. The van der Waals surface area contributed by atoms with E-state index in [4.69, 9.17) is 14.5 Å². The number of aryl methyl sites for hydroxylation is 2. The van der Waals surface area contributed by atoms with Crippen molar-refractivity contribution in [3.05, 3.63) is 136 Å². The van der Waals surface area contributed by atoms with Gasteiger partial charge < -0.3 is 9.47 Å². The van der Waals surface area contributed by atoms with E-state index >= 15 is 0 Å². The lowest BCUT2D eigenvalue weighted by Crippen LogP contribution is -2.28. The van der Waals surface area contributed by atoms with Gasteiger partial charge in [-0.05, 0) is 108 Å². The molecule has 4 aromatic carbocycles. The molecule has 0 N–H and O–H groups in total. The molecule has 1 amide bonds. The molecule has 1 heterocycles. The first-order valence-corrected chi connectivity index (χ1v) is 15.4. The average Bonchev–Trinajstić information content (AvgIpc) is 3.35. The Balaban J connectivity index is 1.51. The van der Waals surface area contributed by atoms with Crippen LogP contribution >= 0.6 is 11.8 Å². The van der Waals surface area contributed by atoms with E-state index in [1.165, 1.54) is 35.0 Å². The Morgan fingerprint density at radius 1 is 0.909 bits per heavy atom. The molecule has 224 valence electrons. The first-order chi connectivity index (χ1) is 21.4. The maximum atomic E-state index is 13.9. The third-order valence-corrected chi connectivity index (χ3v) is 8.28. The van der Waals surface area contributed by atoms with E-state index in [-0.39, 0.29) is 18.3 Å². The zero-order chi connectivity index (χ0) is 31.1. The first-order valence-electron chi connectivity index (χ1n) is 14.6. The first kappa shape index (κ1) is 30.8. The van der Waals surface area contributed by atoms with Crippen LogP contribution in [-0.2, 0) is 30.7 Å². The standard InChI is InChI=1S/C37H35FN2O3S/c1-5-8-29-21-28(22-33(42-4)35(29)43-24-27-9-15-30(38)16-10-27)23-34-36(41)40(32-19-13-26(7-3)14-20-32)37(44-34)39-31-17-11-25(6-2)12-18-31/h5,9-23H,1,6-8,24H2,2-4H3/b34-23-,39-37?. The molecule has 0 spiro atoms. The number of allylic oxidation sites excluding steroid dienone is 1. The van der Waals surface area contributed by atoms with E-state index in [2.05, 4.69) is 32.6 Å². The van der Waals surface area contributed by atoms with Gasteiger partial charge >= 0.3 is 0 Å². The van der Waals surface area contributed by atoms with Crippen LogP contribution in [-0.4, -0.2) is 18.2 Å². The van der Waals surface area contributed by atoms with Gasteiger partial charge in [0.2, 0.25) is 0 Å². The van der Waals surface area contributed by atoms with Crippen LogP contribution in [0.3, 0.4) is 0 Å². The molecule has 0 aromatic heterocycles. The summed E-state index contributed by atoms with van der Waals surface area (Å²) in [7, 11) is 1.58. The number of benzene rings is 4. The number of nitrogens with zero attached hydrogens (tertiary/aromatic N) is 2. The number of carbonyl (C=O) groups is 1. The van der Waals surface area contributed by atoms with Crippen LogP contribution < -0.4 is 14.4 Å². The van der Waals surface area contributed by atoms with E-state index in [0.717, 1.165) is 40.9 Å². The lowest BCUT2D eigenvalue weighted by atomic mass is 10.0. The van der Waals surface area contributed by atoms with Crippen LogP contribution in [0.2, 0.25) is 0 Å². The molecule has 1 saturated heterocycles. The second-order valence-electron chi connectivity index (χ2n) is 10.3. The van der Waals surface area contributed by atoms with Crippen molar-refractivity contribution in [2.24, 2.45) is 4.99 Å². The highest BCUT2D eigenvalue weighted by Gasteiger charge is 2.35. The normalized spacial score (nSPS) is 14.8. The number of amides is 1. The predicted octanol–water partition coefficient (Wildman–Crippen LogP) is 9.08. The third kappa shape index (κ3) is 7.12. The molecule has 7 heteroatoms. The minimum atomic E-state index is -0.297. The summed E-state index contributed by atoms with van der Waals surface area (Å²) in [5.74, 6) is 0.670. The molecule has 0 aliphatic carbocycles. The summed E-state index contributed by atoms with van der Waals surface area (Å²) in [6.07, 6.45) is 6.05. The number of amidine groups is 1. The number of aliphatic imine (C=N–C) groups is 1. The number of hydrogen-bond donors (Lipinski definition) is 0. The second-order valence-corrected chi connectivity index (χ2v) is 11.3. The van der Waals surface area contributed by atoms with Crippen LogP contribution in [0.1, 0.15) is 41.7 Å². The van der Waals surface area contributed by atoms with Crippen molar-refractivity contribution >= 4 is 40.3 Å². The van der Waals surface area contributed by atoms with Crippen molar-refractivity contribution in [3.8, 4) is 11.5 Å². The average molecular weight is 607 g/mol. The molecule has 1 aliphatic heterocycles. The molecule has 1 fully saturated rings. The Hall–Kier alpha value is -4.62. The lowest BCUT2D eigenvalue weighted by molar-refractivity contribution is -0.113. The highest BCUT2D eigenvalue weighted by molar-refractivity contribution is 8.19. The monoisotopic (exact) mass is 606 g/mol. The third-order valence-electron chi connectivity index (χ3n) is 7.31. The molecule has 5 nitrogen and oxygen atoms in total. The lowest BCUT2D eigenvalue weighted by Gasteiger charge is -2.16. The molecule has 0 unspecified atom stereocenters. The van der Waals surface area contributed by atoms with E-state index in [1.54, 1.807) is 30.2 Å². The maximum Gasteiger partial charge on any atom is 0.271 e. The number of ether oxygens (including phenoxy) is 2. The van der Waals surface area contributed by atoms with Gasteiger partial charge in [-0.15, -0.1) is 6.58 Å². The highest BCUT2D eigenvalue weighted by Crippen LogP contribution is 2.40. The van der Waals surface area contributed by atoms with Gasteiger partial charge in [-0.3, -0.25) is 9.69 Å². The van der Waals surface area contributed by atoms with Crippen molar-refractivity contribution in [3.63, 3.8) is 0 Å². The second kappa shape index (κ2) is 14.2. The zero-order valence-electron chi connectivity index (χ0n) is 25.2. The Morgan fingerprint density at radius 2 is 1.55 bits per heavy atom. The van der Waals surface area contributed by atoms with Gasteiger partial charge in [0.05, 0.1) is 23.4 Å². The molecule has 0 atom stereocenters. The smallest absolute Gasteiger partial charge is 0.271 e. The van der Waals surface area contributed by atoms with E-state index in [0.29, 0.717) is 28.0 Å². The molecule has 4 aromatic rings. The highest BCUT2D eigenvalue weighted by atomic mass is 32.2.